The first kappa shape index (κ1) is 15.3. The van der Waals surface area contributed by atoms with Crippen molar-refractivity contribution in [3.8, 4) is 5.75 Å². The van der Waals surface area contributed by atoms with Gasteiger partial charge in [-0.3, -0.25) is 4.79 Å². The van der Waals surface area contributed by atoms with E-state index in [2.05, 4.69) is 19.1 Å². The van der Waals surface area contributed by atoms with Crippen molar-refractivity contribution in [2.75, 3.05) is 13.1 Å². The Morgan fingerprint density at radius 2 is 2.04 bits per heavy atom. The summed E-state index contributed by atoms with van der Waals surface area (Å²) in [7, 11) is 0. The van der Waals surface area contributed by atoms with E-state index in [1.54, 1.807) is 11.0 Å². The molecule has 0 N–H and O–H groups in total. The Labute approximate surface area is 135 Å². The molecule has 0 radical (unpaired) electrons. The molecule has 1 heterocycles. The third kappa shape index (κ3) is 3.26. The van der Waals surface area contributed by atoms with Crippen molar-refractivity contribution < 1.29 is 14.3 Å². The lowest BCUT2D eigenvalue weighted by atomic mass is 9.99. The number of carbonyl (C=O) groups is 2. The SMILES string of the molecule is Cc1ccccc1COc1ccc2c(c1)CCN(CC=O)C2=O. The fourth-order valence-corrected chi connectivity index (χ4v) is 2.80. The molecule has 23 heavy (non-hydrogen) atoms. The molecule has 2 aromatic rings. The van der Waals surface area contributed by atoms with Gasteiger partial charge in [-0.2, -0.15) is 0 Å². The summed E-state index contributed by atoms with van der Waals surface area (Å²) in [5, 5.41) is 0. The van der Waals surface area contributed by atoms with Crippen molar-refractivity contribution in [2.45, 2.75) is 20.0 Å². The third-order valence-corrected chi connectivity index (χ3v) is 4.20. The van der Waals surface area contributed by atoms with Crippen LogP contribution in [0.15, 0.2) is 42.5 Å². The standard InChI is InChI=1S/C19H19NO3/c1-14-4-2-3-5-16(14)13-23-17-6-7-18-15(12-17)8-9-20(10-11-21)19(18)22/h2-7,11-12H,8-10,13H2,1H3. The lowest BCUT2D eigenvalue weighted by molar-refractivity contribution is -0.108. The molecule has 0 unspecified atom stereocenters. The maximum atomic E-state index is 12.3. The van der Waals surface area contributed by atoms with Gasteiger partial charge in [0.15, 0.2) is 0 Å². The normalized spacial score (nSPS) is 13.6. The van der Waals surface area contributed by atoms with Crippen molar-refractivity contribution in [1.82, 2.24) is 4.90 Å². The summed E-state index contributed by atoms with van der Waals surface area (Å²) < 4.78 is 5.87. The van der Waals surface area contributed by atoms with Gasteiger partial charge in [0, 0.05) is 12.1 Å². The maximum Gasteiger partial charge on any atom is 0.254 e. The van der Waals surface area contributed by atoms with Gasteiger partial charge in [-0.1, -0.05) is 24.3 Å². The molecule has 0 saturated carbocycles. The first-order chi connectivity index (χ1) is 11.2. The minimum atomic E-state index is -0.0798. The Morgan fingerprint density at radius 3 is 2.83 bits per heavy atom. The van der Waals surface area contributed by atoms with E-state index in [0.29, 0.717) is 18.7 Å². The van der Waals surface area contributed by atoms with E-state index in [0.717, 1.165) is 29.6 Å². The molecule has 0 fully saturated rings. The number of benzene rings is 2. The predicted molar refractivity (Wildman–Crippen MR) is 87.6 cm³/mol. The molecule has 0 aliphatic carbocycles. The van der Waals surface area contributed by atoms with Crippen LogP contribution in [-0.4, -0.2) is 30.2 Å². The summed E-state index contributed by atoms with van der Waals surface area (Å²) in [6, 6.07) is 13.7. The summed E-state index contributed by atoms with van der Waals surface area (Å²) in [5.41, 5.74) is 4.00. The van der Waals surface area contributed by atoms with Crippen molar-refractivity contribution in [3.63, 3.8) is 0 Å². The van der Waals surface area contributed by atoms with Crippen molar-refractivity contribution in [1.29, 1.82) is 0 Å². The minimum absolute atomic E-state index is 0.0798. The molecule has 1 aliphatic rings. The Hall–Kier alpha value is -2.62. The molecule has 1 amide bonds. The van der Waals surface area contributed by atoms with Crippen LogP contribution in [0.2, 0.25) is 0 Å². The van der Waals surface area contributed by atoms with E-state index in [1.807, 2.05) is 24.3 Å². The first-order valence-electron chi connectivity index (χ1n) is 7.72. The first-order valence-corrected chi connectivity index (χ1v) is 7.72. The lowest BCUT2D eigenvalue weighted by Gasteiger charge is -2.27. The van der Waals surface area contributed by atoms with E-state index >= 15 is 0 Å². The zero-order valence-electron chi connectivity index (χ0n) is 13.1. The molecule has 0 saturated heterocycles. The number of fused-ring (bicyclic) bond motifs is 1. The summed E-state index contributed by atoms with van der Waals surface area (Å²) >= 11 is 0. The highest BCUT2D eigenvalue weighted by Crippen LogP contribution is 2.24. The molecule has 2 aromatic carbocycles. The fourth-order valence-electron chi connectivity index (χ4n) is 2.80. The highest BCUT2D eigenvalue weighted by molar-refractivity contribution is 5.97. The quantitative estimate of drug-likeness (QED) is 0.798. The largest absolute Gasteiger partial charge is 0.489 e. The zero-order chi connectivity index (χ0) is 16.2. The number of rotatable bonds is 5. The molecule has 0 aromatic heterocycles. The Bertz CT molecular complexity index is 739. The number of carbonyl (C=O) groups excluding carboxylic acids is 2. The predicted octanol–water partition coefficient (Wildman–Crippen LogP) is 2.77. The third-order valence-electron chi connectivity index (χ3n) is 4.20. The maximum absolute atomic E-state index is 12.3. The van der Waals surface area contributed by atoms with E-state index in [4.69, 9.17) is 4.74 Å². The van der Waals surface area contributed by atoms with Gasteiger partial charge in [0.2, 0.25) is 0 Å². The molecule has 1 aliphatic heterocycles. The van der Waals surface area contributed by atoms with Crippen molar-refractivity contribution in [3.05, 3.63) is 64.7 Å². The number of ether oxygens (including phenoxy) is 1. The lowest BCUT2D eigenvalue weighted by Crippen LogP contribution is -2.38. The van der Waals surface area contributed by atoms with Gasteiger partial charge < -0.3 is 14.4 Å². The van der Waals surface area contributed by atoms with Crippen LogP contribution in [0.25, 0.3) is 0 Å². The molecular weight excluding hydrogens is 290 g/mol. The van der Waals surface area contributed by atoms with Gasteiger partial charge in [-0.15, -0.1) is 0 Å². The van der Waals surface area contributed by atoms with Crippen molar-refractivity contribution in [2.24, 2.45) is 0 Å². The van der Waals surface area contributed by atoms with Gasteiger partial charge in [0.1, 0.15) is 18.6 Å². The summed E-state index contributed by atoms with van der Waals surface area (Å²) in [4.78, 5) is 24.5. The molecule has 3 rings (SSSR count). The van der Waals surface area contributed by atoms with E-state index in [-0.39, 0.29) is 12.5 Å². The van der Waals surface area contributed by atoms with Gasteiger partial charge >= 0.3 is 0 Å². The summed E-state index contributed by atoms with van der Waals surface area (Å²) in [5.74, 6) is 0.687. The number of nitrogens with zero attached hydrogens (tertiary/aromatic N) is 1. The highest BCUT2D eigenvalue weighted by atomic mass is 16.5. The number of hydrogen-bond acceptors (Lipinski definition) is 3. The molecule has 4 nitrogen and oxygen atoms in total. The highest BCUT2D eigenvalue weighted by Gasteiger charge is 2.24. The van der Waals surface area contributed by atoms with E-state index in [1.165, 1.54) is 5.56 Å². The summed E-state index contributed by atoms with van der Waals surface area (Å²) in [6.45, 7) is 3.30. The van der Waals surface area contributed by atoms with Crippen LogP contribution in [-0.2, 0) is 17.8 Å². The molecule has 118 valence electrons. The second-order valence-electron chi connectivity index (χ2n) is 5.70. The second kappa shape index (κ2) is 6.65. The number of amides is 1. The van der Waals surface area contributed by atoms with Gasteiger partial charge in [0.25, 0.3) is 5.91 Å². The molecule has 4 heteroatoms. The van der Waals surface area contributed by atoms with Crippen LogP contribution in [0.5, 0.6) is 5.75 Å². The number of hydrogen-bond donors (Lipinski definition) is 0. The van der Waals surface area contributed by atoms with E-state index in [9.17, 15) is 9.59 Å². The number of aldehydes is 1. The molecular formula is C19H19NO3. The second-order valence-corrected chi connectivity index (χ2v) is 5.70. The van der Waals surface area contributed by atoms with Gasteiger partial charge in [-0.25, -0.2) is 0 Å². The average Bonchev–Trinajstić information content (AvgIpc) is 2.57. The molecule has 0 atom stereocenters. The summed E-state index contributed by atoms with van der Waals surface area (Å²) in [6.07, 6.45) is 1.51. The van der Waals surface area contributed by atoms with Crippen LogP contribution in [0.4, 0.5) is 0 Å². The van der Waals surface area contributed by atoms with Gasteiger partial charge in [-0.05, 0) is 48.2 Å². The number of aryl methyl sites for hydroxylation is 1. The van der Waals surface area contributed by atoms with Crippen LogP contribution in [0.3, 0.4) is 0 Å². The van der Waals surface area contributed by atoms with Gasteiger partial charge in [0.05, 0.1) is 6.54 Å². The van der Waals surface area contributed by atoms with Crippen LogP contribution in [0.1, 0.15) is 27.0 Å². The van der Waals surface area contributed by atoms with Crippen LogP contribution < -0.4 is 4.74 Å². The molecule has 0 bridgehead atoms. The van der Waals surface area contributed by atoms with Crippen LogP contribution in [0, 0.1) is 6.92 Å². The smallest absolute Gasteiger partial charge is 0.254 e. The Kier molecular flexibility index (Phi) is 4.42. The zero-order valence-corrected chi connectivity index (χ0v) is 13.1. The Morgan fingerprint density at radius 1 is 1.22 bits per heavy atom. The van der Waals surface area contributed by atoms with Crippen LogP contribution >= 0.6 is 0 Å². The molecule has 0 spiro atoms. The van der Waals surface area contributed by atoms with E-state index < -0.39 is 0 Å². The monoisotopic (exact) mass is 309 g/mol. The fraction of sp³-hybridized carbons (Fsp3) is 0.263. The van der Waals surface area contributed by atoms with Crippen molar-refractivity contribution >= 4 is 12.2 Å². The average molecular weight is 309 g/mol. The Balaban J connectivity index is 1.73. The topological polar surface area (TPSA) is 46.6 Å². The minimum Gasteiger partial charge on any atom is -0.489 e.